The number of halogens is 2. The van der Waals surface area contributed by atoms with E-state index in [1.165, 1.54) is 37.0 Å². The summed E-state index contributed by atoms with van der Waals surface area (Å²) >= 11 is 6.15. The standard InChI is InChI=1S/C36H34ClFN4O2/c1-23(26-8-6-9-28(37)20-26)39-35(43)27-13-16-32-31(21-27)33(36(44)41-32)34(25-11-14-29(38)15-12-25)40-30-10-5-7-24(19-30)22-42-17-3-2-4-18-42/h5-16,19-21,23,40H,2-4,17-18,22H2,1H3,(H,39,43)(H,41,44)/t23-/m1/s1. The van der Waals surface area contributed by atoms with Gasteiger partial charge in [0.05, 0.1) is 17.3 Å². The van der Waals surface area contributed by atoms with E-state index in [-0.39, 0.29) is 23.7 Å². The zero-order chi connectivity index (χ0) is 30.6. The molecule has 2 aliphatic heterocycles. The van der Waals surface area contributed by atoms with Crippen LogP contribution in [-0.2, 0) is 11.3 Å². The van der Waals surface area contributed by atoms with Crippen LogP contribution in [0, 0.1) is 5.82 Å². The first-order valence-electron chi connectivity index (χ1n) is 14.9. The number of carbonyl (C=O) groups excluding carboxylic acids is 2. The van der Waals surface area contributed by atoms with E-state index in [1.807, 2.05) is 37.3 Å². The van der Waals surface area contributed by atoms with E-state index in [0.717, 1.165) is 30.9 Å². The monoisotopic (exact) mass is 608 g/mol. The van der Waals surface area contributed by atoms with E-state index in [4.69, 9.17) is 11.6 Å². The van der Waals surface area contributed by atoms with Crippen molar-refractivity contribution in [2.24, 2.45) is 0 Å². The van der Waals surface area contributed by atoms with Gasteiger partial charge < -0.3 is 16.0 Å². The minimum Gasteiger partial charge on any atom is -0.354 e. The van der Waals surface area contributed by atoms with Gasteiger partial charge in [-0.3, -0.25) is 14.5 Å². The lowest BCUT2D eigenvalue weighted by molar-refractivity contribution is -0.110. The summed E-state index contributed by atoms with van der Waals surface area (Å²) in [5, 5.41) is 10.0. The van der Waals surface area contributed by atoms with Gasteiger partial charge in [0.2, 0.25) is 0 Å². The number of fused-ring (bicyclic) bond motifs is 1. The lowest BCUT2D eigenvalue weighted by Crippen LogP contribution is -2.29. The van der Waals surface area contributed by atoms with Gasteiger partial charge in [-0.15, -0.1) is 0 Å². The molecule has 0 unspecified atom stereocenters. The van der Waals surface area contributed by atoms with Gasteiger partial charge in [0.1, 0.15) is 5.82 Å². The molecule has 6 rings (SSSR count). The summed E-state index contributed by atoms with van der Waals surface area (Å²) in [5.74, 6) is -0.951. The second-order valence-electron chi connectivity index (χ2n) is 11.4. The molecular formula is C36H34ClFN4O2. The molecule has 0 aliphatic carbocycles. The lowest BCUT2D eigenvalue weighted by atomic mass is 9.98. The number of piperidine rings is 1. The van der Waals surface area contributed by atoms with Crippen LogP contribution in [0.25, 0.3) is 11.3 Å². The molecule has 0 bridgehead atoms. The topological polar surface area (TPSA) is 73.5 Å². The van der Waals surface area contributed by atoms with E-state index in [2.05, 4.69) is 33.0 Å². The number of hydrogen-bond donors (Lipinski definition) is 3. The van der Waals surface area contributed by atoms with E-state index in [9.17, 15) is 14.0 Å². The van der Waals surface area contributed by atoms with Gasteiger partial charge in [0, 0.05) is 34.1 Å². The summed E-state index contributed by atoms with van der Waals surface area (Å²) in [4.78, 5) is 29.3. The number of rotatable bonds is 8. The summed E-state index contributed by atoms with van der Waals surface area (Å²) in [6, 6.07) is 26.4. The number of likely N-dealkylation sites (tertiary alicyclic amines) is 1. The first kappa shape index (κ1) is 29.6. The molecule has 2 aliphatic rings. The summed E-state index contributed by atoms with van der Waals surface area (Å²) < 4.78 is 14.0. The second kappa shape index (κ2) is 13.0. The molecule has 1 fully saturated rings. The molecule has 1 saturated heterocycles. The van der Waals surface area contributed by atoms with Crippen LogP contribution < -0.4 is 16.0 Å². The van der Waals surface area contributed by atoms with Crippen molar-refractivity contribution in [1.82, 2.24) is 10.2 Å². The van der Waals surface area contributed by atoms with Gasteiger partial charge >= 0.3 is 0 Å². The van der Waals surface area contributed by atoms with E-state index in [0.29, 0.717) is 38.7 Å². The van der Waals surface area contributed by atoms with Gasteiger partial charge in [-0.2, -0.15) is 0 Å². The third kappa shape index (κ3) is 6.69. The van der Waals surface area contributed by atoms with Crippen LogP contribution in [0.3, 0.4) is 0 Å². The highest BCUT2D eigenvalue weighted by Gasteiger charge is 2.30. The van der Waals surface area contributed by atoms with Gasteiger partial charge in [-0.1, -0.05) is 42.3 Å². The molecule has 4 aromatic rings. The molecule has 0 aromatic heterocycles. The first-order valence-corrected chi connectivity index (χ1v) is 15.3. The number of nitrogens with zero attached hydrogens (tertiary/aromatic N) is 1. The van der Waals surface area contributed by atoms with Crippen LogP contribution in [0.4, 0.5) is 15.8 Å². The summed E-state index contributed by atoms with van der Waals surface area (Å²) in [7, 11) is 0. The molecule has 2 heterocycles. The predicted molar refractivity (Wildman–Crippen MR) is 175 cm³/mol. The average molecular weight is 609 g/mol. The largest absolute Gasteiger partial charge is 0.354 e. The Morgan fingerprint density at radius 3 is 2.45 bits per heavy atom. The molecule has 0 spiro atoms. The highest BCUT2D eigenvalue weighted by atomic mass is 35.5. The number of hydrogen-bond acceptors (Lipinski definition) is 4. The van der Waals surface area contributed by atoms with Crippen LogP contribution in [-0.4, -0.2) is 29.8 Å². The molecule has 0 radical (unpaired) electrons. The van der Waals surface area contributed by atoms with Crippen molar-refractivity contribution in [3.05, 3.63) is 130 Å². The maximum Gasteiger partial charge on any atom is 0.258 e. The number of benzene rings is 4. The Bertz CT molecular complexity index is 1730. The fourth-order valence-corrected chi connectivity index (χ4v) is 6.06. The van der Waals surface area contributed by atoms with E-state index < -0.39 is 0 Å². The van der Waals surface area contributed by atoms with Crippen molar-refractivity contribution < 1.29 is 14.0 Å². The Morgan fingerprint density at radius 2 is 1.68 bits per heavy atom. The smallest absolute Gasteiger partial charge is 0.258 e. The average Bonchev–Trinajstić information content (AvgIpc) is 3.35. The van der Waals surface area contributed by atoms with Gasteiger partial charge in [0.25, 0.3) is 11.8 Å². The van der Waals surface area contributed by atoms with Gasteiger partial charge in [0.15, 0.2) is 0 Å². The quantitative estimate of drug-likeness (QED) is 0.178. The Balaban J connectivity index is 1.34. The molecule has 2 amide bonds. The van der Waals surface area contributed by atoms with Crippen molar-refractivity contribution in [2.75, 3.05) is 23.7 Å². The third-order valence-corrected chi connectivity index (χ3v) is 8.39. The highest BCUT2D eigenvalue weighted by Crippen LogP contribution is 2.38. The van der Waals surface area contributed by atoms with Crippen LogP contribution >= 0.6 is 11.6 Å². The molecule has 44 heavy (non-hydrogen) atoms. The molecule has 8 heteroatoms. The maximum atomic E-state index is 14.0. The molecule has 224 valence electrons. The van der Waals surface area contributed by atoms with Crippen LogP contribution in [0.5, 0.6) is 0 Å². The minimum atomic E-state index is -0.370. The normalized spacial score (nSPS) is 16.6. The second-order valence-corrected chi connectivity index (χ2v) is 11.8. The molecule has 1 atom stereocenters. The fraction of sp³-hybridized carbons (Fsp3) is 0.222. The summed E-state index contributed by atoms with van der Waals surface area (Å²) in [6.45, 7) is 4.93. The highest BCUT2D eigenvalue weighted by molar-refractivity contribution is 6.37. The zero-order valence-electron chi connectivity index (χ0n) is 24.5. The Hall–Kier alpha value is -4.46. The maximum absolute atomic E-state index is 14.0. The van der Waals surface area contributed by atoms with Crippen molar-refractivity contribution in [3.8, 4) is 0 Å². The molecule has 6 nitrogen and oxygen atoms in total. The van der Waals surface area contributed by atoms with Crippen LogP contribution in [0.15, 0.2) is 91.0 Å². The zero-order valence-corrected chi connectivity index (χ0v) is 25.3. The lowest BCUT2D eigenvalue weighted by Gasteiger charge is -2.26. The SMILES string of the molecule is C[C@@H](NC(=O)c1ccc2c(c1)C(=C(Nc1cccc(CN3CCCCC3)c1)c1ccc(F)cc1)C(=O)N2)c1cccc(Cl)c1. The van der Waals surface area contributed by atoms with Gasteiger partial charge in [-0.25, -0.2) is 4.39 Å². The minimum absolute atomic E-state index is 0.277. The number of carbonyl (C=O) groups is 2. The number of amides is 2. The fourth-order valence-electron chi connectivity index (χ4n) is 5.86. The van der Waals surface area contributed by atoms with Crippen molar-refractivity contribution in [2.45, 2.75) is 38.8 Å². The number of nitrogens with one attached hydrogen (secondary N) is 3. The molecular weight excluding hydrogens is 575 g/mol. The van der Waals surface area contributed by atoms with Crippen molar-refractivity contribution >= 4 is 46.1 Å². The van der Waals surface area contributed by atoms with Crippen molar-refractivity contribution in [3.63, 3.8) is 0 Å². The van der Waals surface area contributed by atoms with Crippen LogP contribution in [0.2, 0.25) is 5.02 Å². The first-order chi connectivity index (χ1) is 21.3. The third-order valence-electron chi connectivity index (χ3n) is 8.16. The summed E-state index contributed by atoms with van der Waals surface area (Å²) in [5.41, 5.74) is 6.03. The molecule has 4 aromatic carbocycles. The Morgan fingerprint density at radius 1 is 0.932 bits per heavy atom. The van der Waals surface area contributed by atoms with E-state index >= 15 is 0 Å². The predicted octanol–water partition coefficient (Wildman–Crippen LogP) is 7.89. The van der Waals surface area contributed by atoms with Crippen molar-refractivity contribution in [1.29, 1.82) is 0 Å². The van der Waals surface area contributed by atoms with E-state index in [1.54, 1.807) is 36.4 Å². The molecule has 0 saturated carbocycles. The summed E-state index contributed by atoms with van der Waals surface area (Å²) in [6.07, 6.45) is 3.71. The Kier molecular flexibility index (Phi) is 8.77. The number of anilines is 2. The molecule has 3 N–H and O–H groups in total. The van der Waals surface area contributed by atoms with Crippen LogP contribution in [0.1, 0.15) is 64.8 Å². The van der Waals surface area contributed by atoms with Gasteiger partial charge in [-0.05, 0) is 116 Å². The Labute approximate surface area is 261 Å².